The van der Waals surface area contributed by atoms with Gasteiger partial charge in [-0.15, -0.1) is 0 Å². The number of carbonyl (C=O) groups excluding carboxylic acids is 1. The molecule has 2 nitrogen and oxygen atoms in total. The summed E-state index contributed by atoms with van der Waals surface area (Å²) in [6.45, 7) is 5.07. The van der Waals surface area contributed by atoms with Crippen molar-refractivity contribution < 1.29 is 4.79 Å². The fraction of sp³-hybridized carbons (Fsp3) is 0.235. The van der Waals surface area contributed by atoms with Gasteiger partial charge in [0.1, 0.15) is 0 Å². The van der Waals surface area contributed by atoms with Crippen molar-refractivity contribution in [1.29, 1.82) is 0 Å². The van der Waals surface area contributed by atoms with Crippen molar-refractivity contribution in [2.45, 2.75) is 20.4 Å². The molecule has 0 saturated heterocycles. The summed E-state index contributed by atoms with van der Waals surface area (Å²) in [6, 6.07) is 13.3. The van der Waals surface area contributed by atoms with Gasteiger partial charge in [0.05, 0.1) is 0 Å². The Bertz CT molecular complexity index is 657. The molecule has 0 aliphatic rings. The first kappa shape index (κ1) is 16.1. The first-order valence-electron chi connectivity index (χ1n) is 6.82. The maximum absolute atomic E-state index is 12.7. The first-order valence-corrected chi connectivity index (χ1v) is 7.99. The second kappa shape index (κ2) is 7.10. The Morgan fingerprint density at radius 2 is 1.90 bits per heavy atom. The summed E-state index contributed by atoms with van der Waals surface area (Å²) >= 11 is 9.66. The molecular formula is C17H17BrClNO. The minimum atomic E-state index is 0.0243. The van der Waals surface area contributed by atoms with Crippen LogP contribution in [0, 0.1) is 6.92 Å². The van der Waals surface area contributed by atoms with Gasteiger partial charge in [0.25, 0.3) is 5.91 Å². The zero-order valence-electron chi connectivity index (χ0n) is 12.1. The van der Waals surface area contributed by atoms with E-state index in [1.807, 2.05) is 56.3 Å². The highest BCUT2D eigenvalue weighted by molar-refractivity contribution is 9.10. The molecule has 0 radical (unpaired) electrons. The van der Waals surface area contributed by atoms with E-state index in [1.54, 1.807) is 4.90 Å². The molecular weight excluding hydrogens is 350 g/mol. The molecule has 0 aliphatic carbocycles. The molecule has 0 spiro atoms. The Kier molecular flexibility index (Phi) is 5.43. The highest BCUT2D eigenvalue weighted by atomic mass is 79.9. The highest BCUT2D eigenvalue weighted by Gasteiger charge is 2.18. The van der Waals surface area contributed by atoms with Gasteiger partial charge in [-0.1, -0.05) is 51.8 Å². The van der Waals surface area contributed by atoms with Crippen LogP contribution in [0.4, 0.5) is 0 Å². The van der Waals surface area contributed by atoms with E-state index in [2.05, 4.69) is 15.9 Å². The molecule has 0 atom stereocenters. The van der Waals surface area contributed by atoms with E-state index >= 15 is 0 Å². The van der Waals surface area contributed by atoms with Gasteiger partial charge in [-0.25, -0.2) is 0 Å². The standard InChI is InChI=1S/C17H17BrClNO/c1-3-20(11-13-7-4-5-10-16(13)19)17(21)14-8-6-9-15(18)12(14)2/h4-10H,3,11H2,1-2H3. The minimum Gasteiger partial charge on any atom is -0.335 e. The van der Waals surface area contributed by atoms with Gasteiger partial charge in [-0.2, -0.15) is 0 Å². The summed E-state index contributed by atoms with van der Waals surface area (Å²) < 4.78 is 0.946. The summed E-state index contributed by atoms with van der Waals surface area (Å²) in [6.07, 6.45) is 0. The van der Waals surface area contributed by atoms with Crippen LogP contribution in [-0.2, 0) is 6.54 Å². The number of carbonyl (C=O) groups is 1. The van der Waals surface area contributed by atoms with Crippen LogP contribution >= 0.6 is 27.5 Å². The Morgan fingerprint density at radius 1 is 1.19 bits per heavy atom. The van der Waals surface area contributed by atoms with Gasteiger partial charge >= 0.3 is 0 Å². The molecule has 2 rings (SSSR count). The Labute approximate surface area is 138 Å². The van der Waals surface area contributed by atoms with Crippen LogP contribution in [0.25, 0.3) is 0 Å². The van der Waals surface area contributed by atoms with E-state index in [4.69, 9.17) is 11.6 Å². The van der Waals surface area contributed by atoms with Crippen LogP contribution in [-0.4, -0.2) is 17.4 Å². The number of nitrogens with zero attached hydrogens (tertiary/aromatic N) is 1. The molecule has 0 unspecified atom stereocenters. The lowest BCUT2D eigenvalue weighted by atomic mass is 10.1. The van der Waals surface area contributed by atoms with Gasteiger partial charge in [0, 0.05) is 28.1 Å². The van der Waals surface area contributed by atoms with E-state index in [0.29, 0.717) is 18.1 Å². The monoisotopic (exact) mass is 365 g/mol. The van der Waals surface area contributed by atoms with E-state index < -0.39 is 0 Å². The second-order valence-electron chi connectivity index (χ2n) is 4.82. The third-order valence-corrected chi connectivity index (χ3v) is 4.71. The zero-order valence-corrected chi connectivity index (χ0v) is 14.4. The van der Waals surface area contributed by atoms with Crippen molar-refractivity contribution in [2.24, 2.45) is 0 Å². The van der Waals surface area contributed by atoms with Gasteiger partial charge < -0.3 is 4.90 Å². The third-order valence-electron chi connectivity index (χ3n) is 3.49. The predicted octanol–water partition coefficient (Wildman–Crippen LogP) is 5.07. The lowest BCUT2D eigenvalue weighted by molar-refractivity contribution is 0.0752. The number of halogens is 2. The fourth-order valence-electron chi connectivity index (χ4n) is 2.17. The molecule has 110 valence electrons. The molecule has 2 aromatic rings. The molecule has 4 heteroatoms. The maximum Gasteiger partial charge on any atom is 0.254 e. The van der Waals surface area contributed by atoms with Crippen molar-refractivity contribution in [3.05, 3.63) is 68.7 Å². The van der Waals surface area contributed by atoms with E-state index in [1.165, 1.54) is 0 Å². The largest absolute Gasteiger partial charge is 0.335 e. The molecule has 0 saturated carbocycles. The van der Waals surface area contributed by atoms with Gasteiger partial charge in [0.15, 0.2) is 0 Å². The smallest absolute Gasteiger partial charge is 0.254 e. The van der Waals surface area contributed by atoms with Crippen molar-refractivity contribution >= 4 is 33.4 Å². The number of amides is 1. The molecule has 0 bridgehead atoms. The lowest BCUT2D eigenvalue weighted by Gasteiger charge is -2.22. The molecule has 21 heavy (non-hydrogen) atoms. The van der Waals surface area contributed by atoms with Crippen molar-refractivity contribution in [3.8, 4) is 0 Å². The highest BCUT2D eigenvalue weighted by Crippen LogP contribution is 2.23. The second-order valence-corrected chi connectivity index (χ2v) is 6.08. The fourth-order valence-corrected chi connectivity index (χ4v) is 2.73. The Hall–Kier alpha value is -1.32. The normalized spacial score (nSPS) is 10.5. The van der Waals surface area contributed by atoms with Crippen molar-refractivity contribution in [2.75, 3.05) is 6.54 Å². The van der Waals surface area contributed by atoms with Gasteiger partial charge in [-0.3, -0.25) is 4.79 Å². The summed E-state index contributed by atoms with van der Waals surface area (Å²) in [7, 11) is 0. The third kappa shape index (κ3) is 3.66. The first-order chi connectivity index (χ1) is 10.0. The van der Waals surface area contributed by atoms with Crippen LogP contribution in [0.3, 0.4) is 0 Å². The van der Waals surface area contributed by atoms with Crippen LogP contribution < -0.4 is 0 Å². The quantitative estimate of drug-likeness (QED) is 0.739. The molecule has 0 aromatic heterocycles. The van der Waals surface area contributed by atoms with Crippen LogP contribution in [0.2, 0.25) is 5.02 Å². The van der Waals surface area contributed by atoms with Crippen molar-refractivity contribution in [1.82, 2.24) is 4.90 Å². The predicted molar refractivity (Wildman–Crippen MR) is 90.7 cm³/mol. The molecule has 2 aromatic carbocycles. The Morgan fingerprint density at radius 3 is 2.57 bits per heavy atom. The van der Waals surface area contributed by atoms with Crippen LogP contribution in [0.5, 0.6) is 0 Å². The van der Waals surface area contributed by atoms with E-state index in [-0.39, 0.29) is 5.91 Å². The molecule has 0 N–H and O–H groups in total. The van der Waals surface area contributed by atoms with Crippen LogP contribution in [0.15, 0.2) is 46.9 Å². The molecule has 0 aliphatic heterocycles. The summed E-state index contributed by atoms with van der Waals surface area (Å²) in [4.78, 5) is 14.5. The lowest BCUT2D eigenvalue weighted by Crippen LogP contribution is -2.31. The molecule has 0 fully saturated rings. The summed E-state index contributed by atoms with van der Waals surface area (Å²) in [5.74, 6) is 0.0243. The topological polar surface area (TPSA) is 20.3 Å². The van der Waals surface area contributed by atoms with Gasteiger partial charge in [-0.05, 0) is 43.2 Å². The van der Waals surface area contributed by atoms with Crippen molar-refractivity contribution in [3.63, 3.8) is 0 Å². The van der Waals surface area contributed by atoms with E-state index in [0.717, 1.165) is 21.2 Å². The maximum atomic E-state index is 12.7. The average Bonchev–Trinajstić information content (AvgIpc) is 2.48. The number of hydrogen-bond donors (Lipinski definition) is 0. The summed E-state index contributed by atoms with van der Waals surface area (Å²) in [5.41, 5.74) is 2.64. The number of benzene rings is 2. The number of rotatable bonds is 4. The molecule has 1 amide bonds. The van der Waals surface area contributed by atoms with Crippen LogP contribution in [0.1, 0.15) is 28.4 Å². The average molecular weight is 367 g/mol. The molecule has 0 heterocycles. The summed E-state index contributed by atoms with van der Waals surface area (Å²) in [5, 5.41) is 0.690. The zero-order chi connectivity index (χ0) is 15.4. The van der Waals surface area contributed by atoms with E-state index in [9.17, 15) is 4.79 Å². The minimum absolute atomic E-state index is 0.0243. The SMILES string of the molecule is CCN(Cc1ccccc1Cl)C(=O)c1cccc(Br)c1C. The number of hydrogen-bond acceptors (Lipinski definition) is 1. The van der Waals surface area contributed by atoms with Gasteiger partial charge in [0.2, 0.25) is 0 Å². The Balaban J connectivity index is 2.27.